The van der Waals surface area contributed by atoms with E-state index in [4.69, 9.17) is 11.6 Å². The van der Waals surface area contributed by atoms with Gasteiger partial charge in [-0.15, -0.1) is 0 Å². The van der Waals surface area contributed by atoms with Gasteiger partial charge in [0.05, 0.1) is 10.6 Å². The maximum Gasteiger partial charge on any atom is 0.252 e. The largest absolute Gasteiger partial charge is 0.356 e. The molecule has 0 unspecified atom stereocenters. The van der Waals surface area contributed by atoms with E-state index in [1.54, 1.807) is 18.2 Å². The van der Waals surface area contributed by atoms with Crippen LogP contribution in [0.5, 0.6) is 0 Å². The number of nitrogens with one attached hydrogen (secondary N) is 2. The van der Waals surface area contributed by atoms with Crippen molar-refractivity contribution in [2.24, 2.45) is 0 Å². The first-order valence-electron chi connectivity index (χ1n) is 5.55. The molecule has 0 radical (unpaired) electrons. The Bertz CT molecular complexity index is 452. The lowest BCUT2D eigenvalue weighted by Gasteiger charge is -2.07. The van der Waals surface area contributed by atoms with Crippen molar-refractivity contribution in [3.8, 4) is 0 Å². The van der Waals surface area contributed by atoms with E-state index in [2.05, 4.69) is 26.6 Å². The molecule has 18 heavy (non-hydrogen) atoms. The second-order valence-electron chi connectivity index (χ2n) is 3.56. The average Bonchev–Trinajstić information content (AvgIpc) is 2.33. The van der Waals surface area contributed by atoms with E-state index in [9.17, 15) is 9.59 Å². The molecule has 1 rings (SSSR count). The van der Waals surface area contributed by atoms with Gasteiger partial charge in [0.15, 0.2) is 0 Å². The van der Waals surface area contributed by atoms with Gasteiger partial charge in [-0.25, -0.2) is 0 Å². The number of amides is 2. The van der Waals surface area contributed by atoms with E-state index in [-0.39, 0.29) is 24.8 Å². The van der Waals surface area contributed by atoms with Gasteiger partial charge < -0.3 is 10.6 Å². The highest BCUT2D eigenvalue weighted by molar-refractivity contribution is 9.10. The molecule has 0 fully saturated rings. The third-order valence-corrected chi connectivity index (χ3v) is 3.50. The van der Waals surface area contributed by atoms with E-state index in [1.807, 2.05) is 6.92 Å². The minimum absolute atomic E-state index is 0.0851. The van der Waals surface area contributed by atoms with Crippen molar-refractivity contribution in [1.29, 1.82) is 0 Å². The number of carbonyl (C=O) groups excluding carboxylic acids is 2. The molecule has 0 atom stereocenters. The molecular weight excluding hydrogens is 320 g/mol. The molecule has 0 aromatic heterocycles. The second-order valence-corrected chi connectivity index (χ2v) is 4.79. The topological polar surface area (TPSA) is 58.2 Å². The molecule has 4 nitrogen and oxygen atoms in total. The van der Waals surface area contributed by atoms with Crippen LogP contribution >= 0.6 is 27.5 Å². The van der Waals surface area contributed by atoms with Gasteiger partial charge in [0.1, 0.15) is 0 Å². The molecule has 1 aromatic carbocycles. The summed E-state index contributed by atoms with van der Waals surface area (Å²) in [7, 11) is 0. The number of hydrogen-bond acceptors (Lipinski definition) is 2. The quantitative estimate of drug-likeness (QED) is 0.869. The van der Waals surface area contributed by atoms with Crippen molar-refractivity contribution in [3.05, 3.63) is 33.3 Å². The number of carbonyl (C=O) groups is 2. The first-order chi connectivity index (χ1) is 8.56. The second kappa shape index (κ2) is 7.38. The van der Waals surface area contributed by atoms with Gasteiger partial charge in [-0.05, 0) is 35.0 Å². The van der Waals surface area contributed by atoms with Gasteiger partial charge in [-0.2, -0.15) is 0 Å². The van der Waals surface area contributed by atoms with Crippen LogP contribution in [0.2, 0.25) is 5.02 Å². The molecule has 0 aliphatic rings. The number of benzene rings is 1. The van der Waals surface area contributed by atoms with Gasteiger partial charge in [0.2, 0.25) is 5.91 Å². The van der Waals surface area contributed by atoms with Crippen molar-refractivity contribution in [2.75, 3.05) is 13.1 Å². The molecule has 6 heteroatoms. The zero-order valence-corrected chi connectivity index (χ0v) is 12.3. The van der Waals surface area contributed by atoms with Gasteiger partial charge in [0, 0.05) is 24.0 Å². The van der Waals surface area contributed by atoms with Crippen molar-refractivity contribution < 1.29 is 9.59 Å². The van der Waals surface area contributed by atoms with E-state index in [0.29, 0.717) is 21.6 Å². The van der Waals surface area contributed by atoms with Crippen molar-refractivity contribution in [1.82, 2.24) is 10.6 Å². The number of rotatable bonds is 5. The predicted octanol–water partition coefficient (Wildman–Crippen LogP) is 2.36. The molecule has 2 amide bonds. The lowest BCUT2D eigenvalue weighted by molar-refractivity contribution is -0.120. The Balaban J connectivity index is 2.51. The summed E-state index contributed by atoms with van der Waals surface area (Å²) in [6, 6.07) is 5.12. The molecular formula is C12H14BrClN2O2. The minimum Gasteiger partial charge on any atom is -0.356 e. The first kappa shape index (κ1) is 15.0. The summed E-state index contributed by atoms with van der Waals surface area (Å²) >= 11 is 9.24. The summed E-state index contributed by atoms with van der Waals surface area (Å²) in [5, 5.41) is 5.68. The Morgan fingerprint density at radius 2 is 2.06 bits per heavy atom. The third-order valence-electron chi connectivity index (χ3n) is 2.21. The van der Waals surface area contributed by atoms with Gasteiger partial charge in [0.25, 0.3) is 5.91 Å². The van der Waals surface area contributed by atoms with Crippen LogP contribution in [-0.2, 0) is 4.79 Å². The maximum atomic E-state index is 11.8. The Morgan fingerprint density at radius 1 is 1.33 bits per heavy atom. The summed E-state index contributed by atoms with van der Waals surface area (Å²) in [5.41, 5.74) is 0.391. The zero-order chi connectivity index (χ0) is 13.5. The smallest absolute Gasteiger partial charge is 0.252 e. The monoisotopic (exact) mass is 332 g/mol. The molecule has 0 heterocycles. The molecule has 0 saturated heterocycles. The average molecular weight is 334 g/mol. The lowest BCUT2D eigenvalue weighted by Crippen LogP contribution is -2.30. The summed E-state index contributed by atoms with van der Waals surface area (Å²) in [6.07, 6.45) is 0.255. The molecule has 2 N–H and O–H groups in total. The number of halogens is 2. The SMILES string of the molecule is CCNC(=O)CCNC(=O)c1cccc(Br)c1Cl. The molecule has 0 spiro atoms. The van der Waals surface area contributed by atoms with E-state index in [0.717, 1.165) is 0 Å². The van der Waals surface area contributed by atoms with E-state index in [1.165, 1.54) is 0 Å². The van der Waals surface area contributed by atoms with Crippen LogP contribution in [0.15, 0.2) is 22.7 Å². The predicted molar refractivity (Wildman–Crippen MR) is 74.8 cm³/mol. The van der Waals surface area contributed by atoms with Crippen LogP contribution in [-0.4, -0.2) is 24.9 Å². The van der Waals surface area contributed by atoms with Gasteiger partial charge >= 0.3 is 0 Å². The Morgan fingerprint density at radius 3 is 2.72 bits per heavy atom. The van der Waals surface area contributed by atoms with E-state index < -0.39 is 0 Å². The Kier molecular flexibility index (Phi) is 6.15. The number of hydrogen-bond donors (Lipinski definition) is 2. The van der Waals surface area contributed by atoms with Crippen LogP contribution in [0.25, 0.3) is 0 Å². The highest BCUT2D eigenvalue weighted by Crippen LogP contribution is 2.25. The molecule has 98 valence electrons. The van der Waals surface area contributed by atoms with Crippen molar-refractivity contribution >= 4 is 39.3 Å². The minimum atomic E-state index is -0.286. The summed E-state index contributed by atoms with van der Waals surface area (Å²) in [6.45, 7) is 2.72. The van der Waals surface area contributed by atoms with Crippen molar-refractivity contribution in [2.45, 2.75) is 13.3 Å². The van der Waals surface area contributed by atoms with Crippen LogP contribution in [0, 0.1) is 0 Å². The third kappa shape index (κ3) is 4.31. The van der Waals surface area contributed by atoms with Gasteiger partial charge in [-0.1, -0.05) is 17.7 Å². The molecule has 0 saturated carbocycles. The first-order valence-corrected chi connectivity index (χ1v) is 6.72. The lowest BCUT2D eigenvalue weighted by atomic mass is 10.2. The van der Waals surface area contributed by atoms with Crippen LogP contribution < -0.4 is 10.6 Å². The molecule has 0 bridgehead atoms. The van der Waals surface area contributed by atoms with Crippen LogP contribution in [0.1, 0.15) is 23.7 Å². The maximum absolute atomic E-state index is 11.8. The van der Waals surface area contributed by atoms with Crippen molar-refractivity contribution in [3.63, 3.8) is 0 Å². The highest BCUT2D eigenvalue weighted by atomic mass is 79.9. The molecule has 0 aliphatic carbocycles. The summed E-state index contributed by atoms with van der Waals surface area (Å²) in [5.74, 6) is -0.372. The fraction of sp³-hybridized carbons (Fsp3) is 0.333. The zero-order valence-electron chi connectivity index (χ0n) is 9.93. The Hall–Kier alpha value is -1.07. The normalized spacial score (nSPS) is 9.94. The van der Waals surface area contributed by atoms with Crippen LogP contribution in [0.4, 0.5) is 0 Å². The fourth-order valence-corrected chi connectivity index (χ4v) is 1.93. The summed E-state index contributed by atoms with van der Waals surface area (Å²) in [4.78, 5) is 23.0. The van der Waals surface area contributed by atoms with Gasteiger partial charge in [-0.3, -0.25) is 9.59 Å². The summed E-state index contributed by atoms with van der Waals surface area (Å²) < 4.78 is 0.667. The highest BCUT2D eigenvalue weighted by Gasteiger charge is 2.12. The molecule has 0 aliphatic heterocycles. The Labute approximate surface area is 119 Å². The standard InChI is InChI=1S/C12H14BrClN2O2/c1-2-15-10(17)6-7-16-12(18)8-4-3-5-9(13)11(8)14/h3-5H,2,6-7H2,1H3,(H,15,17)(H,16,18). The van der Waals surface area contributed by atoms with E-state index >= 15 is 0 Å². The molecule has 1 aromatic rings. The van der Waals surface area contributed by atoms with Crippen LogP contribution in [0.3, 0.4) is 0 Å². The fourth-order valence-electron chi connectivity index (χ4n) is 1.35.